The van der Waals surface area contributed by atoms with Crippen LogP contribution in [0.15, 0.2) is 97.1 Å². The fourth-order valence-corrected chi connectivity index (χ4v) is 6.45. The number of ether oxygens (including phenoxy) is 2. The highest BCUT2D eigenvalue weighted by Gasteiger charge is 2.38. The van der Waals surface area contributed by atoms with Gasteiger partial charge >= 0.3 is 5.97 Å². The molecule has 1 heterocycles. The first kappa shape index (κ1) is 40.3. The van der Waals surface area contributed by atoms with Gasteiger partial charge in [0.1, 0.15) is 12.6 Å². The van der Waals surface area contributed by atoms with E-state index in [0.29, 0.717) is 30.8 Å². The molecule has 3 aromatic carbocycles. The molecule has 0 bridgehead atoms. The van der Waals surface area contributed by atoms with E-state index in [1.165, 1.54) is 6.92 Å². The predicted octanol–water partition coefficient (Wildman–Crippen LogP) is 5.16. The highest BCUT2D eigenvalue weighted by molar-refractivity contribution is 6.30. The largest absolute Gasteiger partial charge is 0.464 e. The molecule has 1 aliphatic rings. The Hall–Kier alpha value is -4.51. The molecule has 10 nitrogen and oxygen atoms in total. The zero-order chi connectivity index (χ0) is 37.7. The first-order chi connectivity index (χ1) is 24.8. The first-order valence-corrected chi connectivity index (χ1v) is 18.2. The SMILES string of the molecule is CC(=O)OC[C@H](Cc1ccccc1)NC(=O)[C@@](C)(/C=C/[C@@H]1CCCN1C(=O)[C@@H](NC(=O)[C@H](C)N)C(C)OCc1ccccc1)Cc1cccc(Cl)c1. The van der Waals surface area contributed by atoms with Crippen molar-refractivity contribution in [2.45, 2.75) is 90.3 Å². The van der Waals surface area contributed by atoms with Crippen molar-refractivity contribution in [1.82, 2.24) is 15.5 Å². The minimum atomic E-state index is -1.08. The number of hydrogen-bond acceptors (Lipinski definition) is 7. The molecular weight excluding hydrogens is 680 g/mol. The maximum Gasteiger partial charge on any atom is 0.302 e. The van der Waals surface area contributed by atoms with Gasteiger partial charge in [-0.15, -0.1) is 0 Å². The lowest BCUT2D eigenvalue weighted by molar-refractivity contribution is -0.143. The highest BCUT2D eigenvalue weighted by Crippen LogP contribution is 2.29. The molecule has 52 heavy (non-hydrogen) atoms. The Morgan fingerprint density at radius 2 is 1.62 bits per heavy atom. The summed E-state index contributed by atoms with van der Waals surface area (Å²) in [5.74, 6) is -1.44. The molecule has 0 spiro atoms. The number of nitrogens with zero attached hydrogens (tertiary/aromatic N) is 1. The molecule has 1 fully saturated rings. The minimum absolute atomic E-state index is 0.0108. The van der Waals surface area contributed by atoms with Gasteiger partial charge in [-0.1, -0.05) is 96.5 Å². The second-order valence-electron chi connectivity index (χ2n) is 13.8. The topological polar surface area (TPSA) is 140 Å². The van der Waals surface area contributed by atoms with E-state index in [-0.39, 0.29) is 31.1 Å². The van der Waals surface area contributed by atoms with Gasteiger partial charge in [0.25, 0.3) is 0 Å². The Kier molecular flexibility index (Phi) is 15.0. The van der Waals surface area contributed by atoms with Crippen LogP contribution in [0.1, 0.15) is 57.2 Å². The number of benzene rings is 3. The number of esters is 1. The lowest BCUT2D eigenvalue weighted by atomic mass is 9.81. The Morgan fingerprint density at radius 1 is 0.962 bits per heavy atom. The normalized spacial score (nSPS) is 17.8. The third-order valence-electron chi connectivity index (χ3n) is 9.20. The van der Waals surface area contributed by atoms with Crippen LogP contribution in [0, 0.1) is 5.41 Å². The standard InChI is InChI=1S/C41H51ClN4O6/c1-28(43)38(48)45-37(29(2)51-26-32-15-9-6-10-16-32)39(49)46-22-12-19-36(46)20-21-41(4,25-33-17-11-18-34(42)23-33)40(50)44-35(27-52-30(3)47)24-31-13-7-5-8-14-31/h5-11,13-18,20-21,23,28-29,35-37H,12,19,22,24-27,43H2,1-4H3,(H,44,50)(H,45,48)/b21-20+/t28-,29?,35-,36-,37-,41-/m0/s1. The van der Waals surface area contributed by atoms with Crippen molar-refractivity contribution in [2.75, 3.05) is 13.2 Å². The molecule has 11 heteroatoms. The third-order valence-corrected chi connectivity index (χ3v) is 9.43. The monoisotopic (exact) mass is 730 g/mol. The molecule has 6 atom stereocenters. The molecule has 0 aromatic heterocycles. The number of rotatable bonds is 17. The Bertz CT molecular complexity index is 1670. The first-order valence-electron chi connectivity index (χ1n) is 17.8. The molecule has 1 saturated heterocycles. The van der Waals surface area contributed by atoms with E-state index in [2.05, 4.69) is 10.6 Å². The maximum atomic E-state index is 14.3. The molecule has 278 valence electrons. The highest BCUT2D eigenvalue weighted by atomic mass is 35.5. The number of likely N-dealkylation sites (tertiary alicyclic amines) is 1. The molecule has 1 aliphatic heterocycles. The Balaban J connectivity index is 1.59. The molecule has 0 saturated carbocycles. The number of halogens is 1. The molecule has 1 unspecified atom stereocenters. The summed E-state index contributed by atoms with van der Waals surface area (Å²) < 4.78 is 11.5. The van der Waals surface area contributed by atoms with Gasteiger partial charge in [0.15, 0.2) is 0 Å². The van der Waals surface area contributed by atoms with Crippen LogP contribution in [0.2, 0.25) is 5.02 Å². The van der Waals surface area contributed by atoms with Gasteiger partial charge in [0.05, 0.1) is 36.3 Å². The van der Waals surface area contributed by atoms with Crippen molar-refractivity contribution in [3.63, 3.8) is 0 Å². The van der Waals surface area contributed by atoms with Gasteiger partial charge in [-0.2, -0.15) is 0 Å². The van der Waals surface area contributed by atoms with Crippen LogP contribution in [-0.2, 0) is 48.1 Å². The Morgan fingerprint density at radius 3 is 2.25 bits per heavy atom. The quantitative estimate of drug-likeness (QED) is 0.129. The fourth-order valence-electron chi connectivity index (χ4n) is 6.24. The number of amides is 3. The van der Waals surface area contributed by atoms with E-state index in [0.717, 1.165) is 23.1 Å². The van der Waals surface area contributed by atoms with Gasteiger partial charge in [-0.25, -0.2) is 0 Å². The van der Waals surface area contributed by atoms with Crippen LogP contribution in [0.25, 0.3) is 0 Å². The lowest BCUT2D eigenvalue weighted by Gasteiger charge is -2.32. The molecule has 0 radical (unpaired) electrons. The van der Waals surface area contributed by atoms with E-state index in [1.54, 1.807) is 24.8 Å². The summed E-state index contributed by atoms with van der Waals surface area (Å²) in [6, 6.07) is 24.0. The van der Waals surface area contributed by atoms with Crippen LogP contribution in [0.5, 0.6) is 0 Å². The average Bonchev–Trinajstić information content (AvgIpc) is 3.60. The van der Waals surface area contributed by atoms with Gasteiger partial charge < -0.3 is 30.7 Å². The van der Waals surface area contributed by atoms with Gasteiger partial charge in [-0.05, 0) is 75.3 Å². The smallest absolute Gasteiger partial charge is 0.302 e. The summed E-state index contributed by atoms with van der Waals surface area (Å²) in [5.41, 5.74) is 7.58. The van der Waals surface area contributed by atoms with Crippen molar-refractivity contribution in [1.29, 1.82) is 0 Å². The van der Waals surface area contributed by atoms with Crippen molar-refractivity contribution in [2.24, 2.45) is 11.1 Å². The van der Waals surface area contributed by atoms with Gasteiger partial charge in [0.2, 0.25) is 17.7 Å². The second-order valence-corrected chi connectivity index (χ2v) is 14.2. The van der Waals surface area contributed by atoms with Crippen LogP contribution < -0.4 is 16.4 Å². The summed E-state index contributed by atoms with van der Waals surface area (Å²) in [5, 5.41) is 6.52. The summed E-state index contributed by atoms with van der Waals surface area (Å²) in [7, 11) is 0. The van der Waals surface area contributed by atoms with Crippen molar-refractivity contribution in [3.05, 3.63) is 119 Å². The number of carbonyl (C=O) groups is 4. The molecule has 4 rings (SSSR count). The van der Waals surface area contributed by atoms with Crippen LogP contribution in [-0.4, -0.2) is 72.0 Å². The third kappa shape index (κ3) is 12.0. The maximum absolute atomic E-state index is 14.3. The van der Waals surface area contributed by atoms with E-state index in [9.17, 15) is 19.2 Å². The second kappa shape index (κ2) is 19.4. The van der Waals surface area contributed by atoms with Crippen molar-refractivity contribution < 1.29 is 28.7 Å². The molecule has 0 aliphatic carbocycles. The van der Waals surface area contributed by atoms with Crippen LogP contribution >= 0.6 is 11.6 Å². The number of carbonyl (C=O) groups excluding carboxylic acids is 4. The molecule has 4 N–H and O–H groups in total. The van der Waals surface area contributed by atoms with Gasteiger partial charge in [0, 0.05) is 18.5 Å². The van der Waals surface area contributed by atoms with E-state index >= 15 is 0 Å². The predicted molar refractivity (Wildman–Crippen MR) is 202 cm³/mol. The zero-order valence-corrected chi connectivity index (χ0v) is 31.2. The van der Waals surface area contributed by atoms with Crippen LogP contribution in [0.4, 0.5) is 0 Å². The molecule has 3 amide bonds. The summed E-state index contributed by atoms with van der Waals surface area (Å²) in [6.07, 6.45) is 5.31. The fraction of sp³-hybridized carbons (Fsp3) is 0.415. The summed E-state index contributed by atoms with van der Waals surface area (Å²) >= 11 is 6.34. The number of hydrogen-bond donors (Lipinski definition) is 3. The lowest BCUT2D eigenvalue weighted by Crippen LogP contribution is -2.57. The van der Waals surface area contributed by atoms with Crippen molar-refractivity contribution in [3.8, 4) is 0 Å². The zero-order valence-electron chi connectivity index (χ0n) is 30.4. The number of nitrogens with two attached hydrogens (primary N) is 1. The number of nitrogens with one attached hydrogen (secondary N) is 2. The van der Waals surface area contributed by atoms with E-state index in [1.807, 2.05) is 97.9 Å². The summed E-state index contributed by atoms with van der Waals surface area (Å²) in [6.45, 7) is 7.27. The summed E-state index contributed by atoms with van der Waals surface area (Å²) in [4.78, 5) is 54.8. The van der Waals surface area contributed by atoms with E-state index in [4.69, 9.17) is 26.8 Å². The van der Waals surface area contributed by atoms with Crippen LogP contribution in [0.3, 0.4) is 0 Å². The Labute approximate surface area is 312 Å². The average molecular weight is 731 g/mol. The van der Waals surface area contributed by atoms with Gasteiger partial charge in [-0.3, -0.25) is 19.2 Å². The van der Waals surface area contributed by atoms with Crippen molar-refractivity contribution >= 4 is 35.3 Å². The van der Waals surface area contributed by atoms with E-state index < -0.39 is 41.5 Å². The molecule has 3 aromatic rings. The minimum Gasteiger partial charge on any atom is -0.464 e. The molecular formula is C41H51ClN4O6.